The number of aryl methyl sites for hydroxylation is 1. The van der Waals surface area contributed by atoms with Crippen LogP contribution in [0.5, 0.6) is 0 Å². The van der Waals surface area contributed by atoms with E-state index in [0.29, 0.717) is 0 Å². The molecule has 2 unspecified atom stereocenters. The van der Waals surface area contributed by atoms with Crippen LogP contribution in [-0.2, 0) is 11.2 Å². The zero-order valence-corrected chi connectivity index (χ0v) is 16.4. The molecule has 3 nitrogen and oxygen atoms in total. The third-order valence-electron chi connectivity index (χ3n) is 5.58. The highest BCUT2D eigenvalue weighted by Crippen LogP contribution is 2.39. The molecule has 4 rings (SSSR count). The van der Waals surface area contributed by atoms with Crippen molar-refractivity contribution in [3.63, 3.8) is 0 Å². The number of hydrogen-bond donors (Lipinski definition) is 1. The molecule has 3 aromatic rings. The third kappa shape index (κ3) is 3.64. The Morgan fingerprint density at radius 3 is 2.67 bits per heavy atom. The van der Waals surface area contributed by atoms with Crippen LogP contribution in [0.2, 0.25) is 0 Å². The number of nitrogens with zero attached hydrogens (tertiary/aromatic N) is 1. The van der Waals surface area contributed by atoms with Crippen LogP contribution in [0, 0.1) is 0 Å². The number of rotatable bonds is 5. The Balaban J connectivity index is 1.81. The summed E-state index contributed by atoms with van der Waals surface area (Å²) in [5.41, 5.74) is 2.49. The molecule has 0 aliphatic carbocycles. The lowest BCUT2D eigenvalue weighted by molar-refractivity contribution is -0.145. The van der Waals surface area contributed by atoms with E-state index in [-0.39, 0.29) is 6.04 Å². The smallest absolute Gasteiger partial charge is 0.320 e. The first-order valence-corrected chi connectivity index (χ1v) is 10.5. The van der Waals surface area contributed by atoms with Crippen LogP contribution < -0.4 is 0 Å². The molecule has 1 saturated heterocycles. The lowest BCUT2D eigenvalue weighted by Crippen LogP contribution is -2.46. The maximum atomic E-state index is 12.0. The second-order valence-electron chi connectivity index (χ2n) is 7.27. The number of carbonyl (C=O) groups is 1. The number of hydrogen-bond acceptors (Lipinski definition) is 3. The molecule has 0 radical (unpaired) electrons. The number of aliphatic carboxylic acids is 1. The van der Waals surface area contributed by atoms with Gasteiger partial charge in [-0.1, -0.05) is 55.8 Å². The summed E-state index contributed by atoms with van der Waals surface area (Å²) in [5.74, 6) is -0.703. The predicted octanol–water partition coefficient (Wildman–Crippen LogP) is 5.49. The van der Waals surface area contributed by atoms with E-state index >= 15 is 0 Å². The SMILES string of the molecule is CCc1ccc(C(c2cc3ccccc3s2)N2CCCCC2C(=O)O)cc1. The van der Waals surface area contributed by atoms with Crippen molar-refractivity contribution in [1.29, 1.82) is 0 Å². The van der Waals surface area contributed by atoms with Crippen LogP contribution in [0.1, 0.15) is 48.2 Å². The number of benzene rings is 2. The standard InChI is InChI=1S/C23H25NO2S/c1-2-16-10-12-17(13-11-16)22(24-14-6-5-8-19(24)23(25)26)21-15-18-7-3-4-9-20(18)27-21/h3-4,7,9-13,15,19,22H,2,5-6,8,14H2,1H3,(H,25,26). The maximum absolute atomic E-state index is 12.0. The first-order valence-electron chi connectivity index (χ1n) is 9.73. The summed E-state index contributed by atoms with van der Waals surface area (Å²) in [6.45, 7) is 2.98. The van der Waals surface area contributed by atoms with Crippen molar-refractivity contribution in [3.05, 3.63) is 70.6 Å². The van der Waals surface area contributed by atoms with E-state index in [9.17, 15) is 9.90 Å². The van der Waals surface area contributed by atoms with Crippen molar-refractivity contribution in [2.75, 3.05) is 6.54 Å². The molecule has 0 spiro atoms. The van der Waals surface area contributed by atoms with E-state index in [1.807, 2.05) is 0 Å². The Labute approximate surface area is 164 Å². The van der Waals surface area contributed by atoms with E-state index < -0.39 is 12.0 Å². The van der Waals surface area contributed by atoms with Crippen molar-refractivity contribution in [2.45, 2.75) is 44.7 Å². The molecule has 4 heteroatoms. The molecule has 0 amide bonds. The Hall–Kier alpha value is -2.17. The molecule has 2 atom stereocenters. The second kappa shape index (κ2) is 7.83. The summed E-state index contributed by atoms with van der Waals surface area (Å²) in [4.78, 5) is 15.4. The number of carboxylic acid groups (broad SMARTS) is 1. The minimum atomic E-state index is -0.703. The normalized spacial score (nSPS) is 19.2. The highest BCUT2D eigenvalue weighted by molar-refractivity contribution is 7.19. The first-order chi connectivity index (χ1) is 13.2. The van der Waals surface area contributed by atoms with Crippen molar-refractivity contribution in [1.82, 2.24) is 4.90 Å². The fourth-order valence-corrected chi connectivity index (χ4v) is 5.33. The van der Waals surface area contributed by atoms with Gasteiger partial charge in [-0.25, -0.2) is 0 Å². The lowest BCUT2D eigenvalue weighted by Gasteiger charge is -2.39. The summed E-state index contributed by atoms with van der Waals surface area (Å²) < 4.78 is 1.26. The molecule has 1 aliphatic rings. The van der Waals surface area contributed by atoms with Gasteiger partial charge in [0, 0.05) is 9.58 Å². The molecule has 1 fully saturated rings. The molecule has 1 aromatic heterocycles. The Kier molecular flexibility index (Phi) is 5.28. The number of thiophene rings is 1. The average Bonchev–Trinajstić information content (AvgIpc) is 3.12. The van der Waals surface area contributed by atoms with Crippen LogP contribution >= 0.6 is 11.3 Å². The highest BCUT2D eigenvalue weighted by Gasteiger charge is 2.35. The van der Waals surface area contributed by atoms with Crippen molar-refractivity contribution in [3.8, 4) is 0 Å². The van der Waals surface area contributed by atoms with Gasteiger partial charge < -0.3 is 5.11 Å². The van der Waals surface area contributed by atoms with Crippen molar-refractivity contribution < 1.29 is 9.90 Å². The van der Waals surface area contributed by atoms with Crippen molar-refractivity contribution in [2.24, 2.45) is 0 Å². The molecule has 1 aliphatic heterocycles. The zero-order valence-electron chi connectivity index (χ0n) is 15.6. The molecule has 140 valence electrons. The van der Waals surface area contributed by atoms with E-state index in [4.69, 9.17) is 0 Å². The van der Waals surface area contributed by atoms with Gasteiger partial charge in [-0.15, -0.1) is 11.3 Å². The average molecular weight is 380 g/mol. The lowest BCUT2D eigenvalue weighted by atomic mass is 9.94. The van der Waals surface area contributed by atoms with E-state index in [0.717, 1.165) is 32.2 Å². The van der Waals surface area contributed by atoms with E-state index in [1.165, 1.54) is 26.1 Å². The molecule has 27 heavy (non-hydrogen) atoms. The van der Waals surface area contributed by atoms with Gasteiger partial charge in [-0.2, -0.15) is 0 Å². The zero-order chi connectivity index (χ0) is 18.8. The minimum absolute atomic E-state index is 0.00490. The molecule has 0 saturated carbocycles. The van der Waals surface area contributed by atoms with Gasteiger partial charge in [-0.05, 0) is 54.5 Å². The number of piperidine rings is 1. The Bertz CT molecular complexity index is 898. The Morgan fingerprint density at radius 2 is 1.96 bits per heavy atom. The van der Waals surface area contributed by atoms with E-state index in [1.54, 1.807) is 11.3 Å². The highest BCUT2D eigenvalue weighted by atomic mass is 32.1. The monoisotopic (exact) mass is 379 g/mol. The topological polar surface area (TPSA) is 40.5 Å². The second-order valence-corrected chi connectivity index (χ2v) is 8.39. The molecule has 2 aromatic carbocycles. The largest absolute Gasteiger partial charge is 0.480 e. The maximum Gasteiger partial charge on any atom is 0.320 e. The van der Waals surface area contributed by atoms with Crippen LogP contribution in [-0.4, -0.2) is 28.6 Å². The summed E-state index contributed by atoms with van der Waals surface area (Å²) in [7, 11) is 0. The van der Waals surface area contributed by atoms with Crippen LogP contribution in [0.15, 0.2) is 54.6 Å². The molecular weight excluding hydrogens is 354 g/mol. The van der Waals surface area contributed by atoms with Gasteiger partial charge in [0.1, 0.15) is 6.04 Å². The van der Waals surface area contributed by atoms with Crippen molar-refractivity contribution >= 4 is 27.4 Å². The van der Waals surface area contributed by atoms with E-state index in [2.05, 4.69) is 66.4 Å². The van der Waals surface area contributed by atoms with Gasteiger partial charge >= 0.3 is 5.97 Å². The third-order valence-corrected chi connectivity index (χ3v) is 6.75. The van der Waals surface area contributed by atoms with Gasteiger partial charge in [0.15, 0.2) is 0 Å². The summed E-state index contributed by atoms with van der Waals surface area (Å²) >= 11 is 1.78. The molecular formula is C23H25NO2S. The number of fused-ring (bicyclic) bond motifs is 1. The number of likely N-dealkylation sites (tertiary alicyclic amines) is 1. The molecule has 0 bridgehead atoms. The number of carboxylic acids is 1. The van der Waals surface area contributed by atoms with Gasteiger partial charge in [-0.3, -0.25) is 9.69 Å². The minimum Gasteiger partial charge on any atom is -0.480 e. The quantitative estimate of drug-likeness (QED) is 0.637. The summed E-state index contributed by atoms with van der Waals surface area (Å²) in [5, 5.41) is 11.1. The van der Waals surface area contributed by atoms with Crippen LogP contribution in [0.4, 0.5) is 0 Å². The van der Waals surface area contributed by atoms with Crippen LogP contribution in [0.3, 0.4) is 0 Å². The van der Waals surface area contributed by atoms with Gasteiger partial charge in [0.05, 0.1) is 6.04 Å². The predicted molar refractivity (Wildman–Crippen MR) is 111 cm³/mol. The van der Waals surface area contributed by atoms with Gasteiger partial charge in [0.2, 0.25) is 0 Å². The summed E-state index contributed by atoms with van der Waals surface area (Å²) in [6, 6.07) is 18.9. The molecule has 1 N–H and O–H groups in total. The Morgan fingerprint density at radius 1 is 1.19 bits per heavy atom. The van der Waals surface area contributed by atoms with Crippen LogP contribution in [0.25, 0.3) is 10.1 Å². The first kappa shape index (κ1) is 18.2. The fraction of sp³-hybridized carbons (Fsp3) is 0.348. The summed E-state index contributed by atoms with van der Waals surface area (Å²) in [6.07, 6.45) is 3.78. The fourth-order valence-electron chi connectivity index (χ4n) is 4.12. The molecule has 2 heterocycles. The van der Waals surface area contributed by atoms with Gasteiger partial charge in [0.25, 0.3) is 0 Å².